The van der Waals surface area contributed by atoms with Crippen LogP contribution in [0, 0.1) is 0 Å². The SMILES string of the molecule is C[C@H](NC(=O)CCC(=O)N1CCN(Cc2ccc3c(c2)OCO3)CC1)c1ccccc1. The van der Waals surface area contributed by atoms with Crippen LogP contribution in [-0.2, 0) is 16.1 Å². The number of rotatable bonds is 7. The highest BCUT2D eigenvalue weighted by atomic mass is 16.7. The number of nitrogens with one attached hydrogen (secondary N) is 1. The lowest BCUT2D eigenvalue weighted by Gasteiger charge is -2.34. The van der Waals surface area contributed by atoms with Crippen LogP contribution in [0.1, 0.15) is 36.9 Å². The molecule has 2 heterocycles. The number of nitrogens with zero attached hydrogens (tertiary/aromatic N) is 2. The summed E-state index contributed by atoms with van der Waals surface area (Å²) in [5, 5.41) is 2.97. The molecule has 31 heavy (non-hydrogen) atoms. The third-order valence-electron chi connectivity index (χ3n) is 5.81. The fraction of sp³-hybridized carbons (Fsp3) is 0.417. The lowest BCUT2D eigenvalue weighted by molar-refractivity contribution is -0.135. The van der Waals surface area contributed by atoms with Gasteiger partial charge in [-0.15, -0.1) is 0 Å². The van der Waals surface area contributed by atoms with Crippen LogP contribution in [0.15, 0.2) is 48.5 Å². The van der Waals surface area contributed by atoms with Crippen molar-refractivity contribution in [2.45, 2.75) is 32.4 Å². The number of fused-ring (bicyclic) bond motifs is 1. The van der Waals surface area contributed by atoms with Crippen molar-refractivity contribution in [3.8, 4) is 11.5 Å². The summed E-state index contributed by atoms with van der Waals surface area (Å²) in [6.45, 7) is 6.06. The quantitative estimate of drug-likeness (QED) is 0.742. The van der Waals surface area contributed by atoms with Crippen LogP contribution < -0.4 is 14.8 Å². The number of benzene rings is 2. The fourth-order valence-corrected chi connectivity index (χ4v) is 3.97. The molecule has 0 saturated carbocycles. The van der Waals surface area contributed by atoms with Gasteiger partial charge in [-0.25, -0.2) is 0 Å². The summed E-state index contributed by atoms with van der Waals surface area (Å²) < 4.78 is 10.8. The molecule has 2 aliphatic heterocycles. The predicted molar refractivity (Wildman–Crippen MR) is 117 cm³/mol. The second-order valence-electron chi connectivity index (χ2n) is 8.04. The van der Waals surface area contributed by atoms with Crippen molar-refractivity contribution >= 4 is 11.8 Å². The second-order valence-corrected chi connectivity index (χ2v) is 8.04. The van der Waals surface area contributed by atoms with Crippen LogP contribution in [-0.4, -0.2) is 54.6 Å². The first-order chi connectivity index (χ1) is 15.1. The van der Waals surface area contributed by atoms with Crippen molar-refractivity contribution in [1.82, 2.24) is 15.1 Å². The average molecular weight is 424 g/mol. The largest absolute Gasteiger partial charge is 0.454 e. The van der Waals surface area contributed by atoms with Gasteiger partial charge in [0.2, 0.25) is 18.6 Å². The number of hydrogen-bond acceptors (Lipinski definition) is 5. The van der Waals surface area contributed by atoms with Gasteiger partial charge in [-0.2, -0.15) is 0 Å². The third kappa shape index (κ3) is 5.55. The van der Waals surface area contributed by atoms with Crippen LogP contribution in [0.2, 0.25) is 0 Å². The second kappa shape index (κ2) is 9.83. The molecule has 1 fully saturated rings. The van der Waals surface area contributed by atoms with Crippen molar-refractivity contribution in [3.05, 3.63) is 59.7 Å². The Bertz CT molecular complexity index is 910. The van der Waals surface area contributed by atoms with Gasteiger partial charge in [0, 0.05) is 45.6 Å². The van der Waals surface area contributed by atoms with E-state index >= 15 is 0 Å². The maximum atomic E-state index is 12.5. The molecule has 1 saturated heterocycles. The highest BCUT2D eigenvalue weighted by Crippen LogP contribution is 2.32. The highest BCUT2D eigenvalue weighted by Gasteiger charge is 2.22. The van der Waals surface area contributed by atoms with Crippen molar-refractivity contribution in [2.24, 2.45) is 0 Å². The maximum Gasteiger partial charge on any atom is 0.231 e. The summed E-state index contributed by atoms with van der Waals surface area (Å²) in [6.07, 6.45) is 0.461. The van der Waals surface area contributed by atoms with E-state index < -0.39 is 0 Å². The summed E-state index contributed by atoms with van der Waals surface area (Å²) in [4.78, 5) is 29.0. The third-order valence-corrected chi connectivity index (χ3v) is 5.81. The Labute approximate surface area is 182 Å². The van der Waals surface area contributed by atoms with Gasteiger partial charge in [-0.3, -0.25) is 14.5 Å². The molecule has 0 spiro atoms. The zero-order valence-electron chi connectivity index (χ0n) is 17.9. The fourth-order valence-electron chi connectivity index (χ4n) is 3.97. The molecule has 4 rings (SSSR count). The molecule has 1 N–H and O–H groups in total. The minimum atomic E-state index is -0.0915. The van der Waals surface area contributed by atoms with Gasteiger partial charge in [0.1, 0.15) is 0 Å². The van der Waals surface area contributed by atoms with Crippen molar-refractivity contribution in [1.29, 1.82) is 0 Å². The van der Waals surface area contributed by atoms with E-state index in [1.807, 2.05) is 54.3 Å². The minimum absolute atomic E-state index is 0.0465. The highest BCUT2D eigenvalue weighted by molar-refractivity contribution is 5.84. The Morgan fingerprint density at radius 2 is 1.71 bits per heavy atom. The first kappa shape index (κ1) is 21.2. The molecule has 164 valence electrons. The normalized spacial score (nSPS) is 16.7. The van der Waals surface area contributed by atoms with Crippen molar-refractivity contribution < 1.29 is 19.1 Å². The standard InChI is InChI=1S/C24H29N3O4/c1-18(20-5-3-2-4-6-20)25-23(28)9-10-24(29)27-13-11-26(12-14-27)16-19-7-8-21-22(15-19)31-17-30-21/h2-8,15,18H,9-14,16-17H2,1H3,(H,25,28)/t18-/m0/s1. The zero-order chi connectivity index (χ0) is 21.6. The van der Waals surface area contributed by atoms with Crippen LogP contribution in [0.3, 0.4) is 0 Å². The van der Waals surface area contributed by atoms with Gasteiger partial charge < -0.3 is 19.7 Å². The number of carbonyl (C=O) groups is 2. The molecule has 2 aromatic carbocycles. The van der Waals surface area contributed by atoms with E-state index in [1.165, 1.54) is 5.56 Å². The Morgan fingerprint density at radius 3 is 2.48 bits per heavy atom. The van der Waals surface area contributed by atoms with E-state index in [0.29, 0.717) is 13.1 Å². The monoisotopic (exact) mass is 423 g/mol. The molecule has 0 unspecified atom stereocenters. The van der Waals surface area contributed by atoms with Gasteiger partial charge in [0.15, 0.2) is 11.5 Å². The summed E-state index contributed by atoms with van der Waals surface area (Å²) in [6, 6.07) is 15.8. The van der Waals surface area contributed by atoms with Crippen LogP contribution in [0.4, 0.5) is 0 Å². The molecule has 7 nitrogen and oxygen atoms in total. The Hall–Kier alpha value is -3.06. The van der Waals surface area contributed by atoms with Gasteiger partial charge in [-0.05, 0) is 30.2 Å². The number of piperazine rings is 1. The lowest BCUT2D eigenvalue weighted by atomic mass is 10.1. The Balaban J connectivity index is 1.17. The molecular formula is C24H29N3O4. The number of amides is 2. The first-order valence-electron chi connectivity index (χ1n) is 10.8. The summed E-state index contributed by atoms with van der Waals surface area (Å²) in [5.74, 6) is 1.55. The zero-order valence-corrected chi connectivity index (χ0v) is 17.9. The Morgan fingerprint density at radius 1 is 0.968 bits per heavy atom. The summed E-state index contributed by atoms with van der Waals surface area (Å²) in [7, 11) is 0. The molecule has 7 heteroatoms. The summed E-state index contributed by atoms with van der Waals surface area (Å²) >= 11 is 0. The predicted octanol–water partition coefficient (Wildman–Crippen LogP) is 2.72. The topological polar surface area (TPSA) is 71.1 Å². The molecular weight excluding hydrogens is 394 g/mol. The van der Waals surface area contributed by atoms with E-state index in [4.69, 9.17) is 9.47 Å². The number of carbonyl (C=O) groups excluding carboxylic acids is 2. The van der Waals surface area contributed by atoms with E-state index in [9.17, 15) is 9.59 Å². The van der Waals surface area contributed by atoms with Crippen LogP contribution in [0.5, 0.6) is 11.5 Å². The lowest BCUT2D eigenvalue weighted by Crippen LogP contribution is -2.48. The van der Waals surface area contributed by atoms with Crippen LogP contribution >= 0.6 is 0 Å². The van der Waals surface area contributed by atoms with Crippen molar-refractivity contribution in [2.75, 3.05) is 33.0 Å². The van der Waals surface area contributed by atoms with Gasteiger partial charge in [-0.1, -0.05) is 36.4 Å². The summed E-state index contributed by atoms with van der Waals surface area (Å²) in [5.41, 5.74) is 2.23. The molecule has 0 aromatic heterocycles. The molecule has 2 aromatic rings. The van der Waals surface area contributed by atoms with Gasteiger partial charge in [0.25, 0.3) is 0 Å². The van der Waals surface area contributed by atoms with Gasteiger partial charge in [0.05, 0.1) is 6.04 Å². The van der Waals surface area contributed by atoms with Crippen molar-refractivity contribution in [3.63, 3.8) is 0 Å². The molecule has 1 atom stereocenters. The van der Waals surface area contributed by atoms with E-state index in [0.717, 1.165) is 36.7 Å². The van der Waals surface area contributed by atoms with E-state index in [1.54, 1.807) is 0 Å². The van der Waals surface area contributed by atoms with E-state index in [-0.39, 0.29) is 37.5 Å². The maximum absolute atomic E-state index is 12.5. The number of hydrogen-bond donors (Lipinski definition) is 1. The molecule has 0 aliphatic carbocycles. The first-order valence-corrected chi connectivity index (χ1v) is 10.8. The number of ether oxygens (including phenoxy) is 2. The molecule has 0 bridgehead atoms. The molecule has 0 radical (unpaired) electrons. The van der Waals surface area contributed by atoms with Crippen LogP contribution in [0.25, 0.3) is 0 Å². The van der Waals surface area contributed by atoms with Gasteiger partial charge >= 0.3 is 0 Å². The van der Waals surface area contributed by atoms with E-state index in [2.05, 4.69) is 16.3 Å². The minimum Gasteiger partial charge on any atom is -0.454 e. The average Bonchev–Trinajstić information content (AvgIpc) is 3.26. The molecule has 2 amide bonds. The molecule has 2 aliphatic rings. The smallest absolute Gasteiger partial charge is 0.231 e. The Kier molecular flexibility index (Phi) is 6.72.